The standard InChI is InChI=1S/C21H29N3O/c1-21(2,3)19-9-7-17(8-10-19)20(25)18-6-5-11-24(15-18)14-16-12-22-23(4)13-16/h7-10,12-13,18H,5-6,11,14-15H2,1-4H3/t18-/m0/s1. The Morgan fingerprint density at radius 3 is 2.56 bits per heavy atom. The molecule has 4 nitrogen and oxygen atoms in total. The van der Waals surface area contributed by atoms with Gasteiger partial charge in [-0.25, -0.2) is 0 Å². The van der Waals surface area contributed by atoms with Gasteiger partial charge in [-0.2, -0.15) is 5.10 Å². The molecule has 0 bridgehead atoms. The average molecular weight is 339 g/mol. The van der Waals surface area contributed by atoms with Gasteiger partial charge in [0.1, 0.15) is 0 Å². The van der Waals surface area contributed by atoms with E-state index in [1.165, 1.54) is 11.1 Å². The van der Waals surface area contributed by atoms with Crippen molar-refractivity contribution in [2.24, 2.45) is 13.0 Å². The number of aromatic nitrogens is 2. The summed E-state index contributed by atoms with van der Waals surface area (Å²) in [5.41, 5.74) is 3.45. The Hall–Kier alpha value is -1.94. The van der Waals surface area contributed by atoms with Crippen LogP contribution in [-0.2, 0) is 19.0 Å². The molecule has 25 heavy (non-hydrogen) atoms. The van der Waals surface area contributed by atoms with Crippen molar-refractivity contribution in [1.82, 2.24) is 14.7 Å². The molecule has 2 heterocycles. The molecule has 0 aliphatic carbocycles. The van der Waals surface area contributed by atoms with Crippen molar-refractivity contribution in [3.8, 4) is 0 Å². The number of hydrogen-bond donors (Lipinski definition) is 0. The number of ketones is 1. The smallest absolute Gasteiger partial charge is 0.167 e. The van der Waals surface area contributed by atoms with Crippen molar-refractivity contribution >= 4 is 5.78 Å². The maximum absolute atomic E-state index is 12.9. The Bertz CT molecular complexity index is 724. The molecule has 1 atom stereocenters. The number of benzene rings is 1. The first-order chi connectivity index (χ1) is 11.8. The summed E-state index contributed by atoms with van der Waals surface area (Å²) in [4.78, 5) is 15.3. The SMILES string of the molecule is Cn1cc(CN2CCC[C@H](C(=O)c3ccc(C(C)(C)C)cc3)C2)cn1. The second-order valence-corrected chi connectivity index (χ2v) is 8.29. The highest BCUT2D eigenvalue weighted by molar-refractivity contribution is 5.98. The Kier molecular flexibility index (Phi) is 5.09. The summed E-state index contributed by atoms with van der Waals surface area (Å²) in [5, 5.41) is 4.23. The van der Waals surface area contributed by atoms with Gasteiger partial charge < -0.3 is 0 Å². The van der Waals surface area contributed by atoms with Gasteiger partial charge in [-0.1, -0.05) is 45.0 Å². The van der Waals surface area contributed by atoms with Crippen molar-refractivity contribution in [3.05, 3.63) is 53.3 Å². The summed E-state index contributed by atoms with van der Waals surface area (Å²) >= 11 is 0. The molecule has 0 spiro atoms. The molecule has 1 aromatic heterocycles. The summed E-state index contributed by atoms with van der Waals surface area (Å²) in [6, 6.07) is 8.21. The Balaban J connectivity index is 1.65. The monoisotopic (exact) mass is 339 g/mol. The largest absolute Gasteiger partial charge is 0.298 e. The molecular formula is C21H29N3O. The molecule has 1 aliphatic rings. The fraction of sp³-hybridized carbons (Fsp3) is 0.524. The highest BCUT2D eigenvalue weighted by Crippen LogP contribution is 2.25. The predicted molar refractivity (Wildman–Crippen MR) is 101 cm³/mol. The van der Waals surface area contributed by atoms with E-state index in [0.717, 1.165) is 38.0 Å². The van der Waals surface area contributed by atoms with Crippen LogP contribution in [0.2, 0.25) is 0 Å². The third-order valence-electron chi connectivity index (χ3n) is 5.08. The topological polar surface area (TPSA) is 38.1 Å². The quantitative estimate of drug-likeness (QED) is 0.795. The number of carbonyl (C=O) groups is 1. The van der Waals surface area contributed by atoms with Crippen LogP contribution in [-0.4, -0.2) is 33.6 Å². The molecular weight excluding hydrogens is 310 g/mol. The van der Waals surface area contributed by atoms with E-state index in [1.807, 2.05) is 30.1 Å². The van der Waals surface area contributed by atoms with Crippen molar-refractivity contribution in [3.63, 3.8) is 0 Å². The van der Waals surface area contributed by atoms with Gasteiger partial charge in [-0.15, -0.1) is 0 Å². The first-order valence-electron chi connectivity index (χ1n) is 9.17. The van der Waals surface area contributed by atoms with Crippen LogP contribution in [0, 0.1) is 5.92 Å². The molecule has 0 amide bonds. The molecule has 2 aromatic rings. The van der Waals surface area contributed by atoms with E-state index in [-0.39, 0.29) is 17.1 Å². The number of nitrogens with zero attached hydrogens (tertiary/aromatic N) is 3. The summed E-state index contributed by atoms with van der Waals surface area (Å²) in [5.74, 6) is 0.391. The van der Waals surface area contributed by atoms with Gasteiger partial charge in [0.05, 0.1) is 6.20 Å². The van der Waals surface area contributed by atoms with Gasteiger partial charge in [0.2, 0.25) is 0 Å². The summed E-state index contributed by atoms with van der Waals surface area (Å²) in [6.45, 7) is 9.36. The third kappa shape index (κ3) is 4.37. The van der Waals surface area contributed by atoms with Crippen LogP contribution < -0.4 is 0 Å². The number of likely N-dealkylation sites (tertiary alicyclic amines) is 1. The molecule has 134 valence electrons. The zero-order valence-electron chi connectivity index (χ0n) is 15.8. The van der Waals surface area contributed by atoms with Crippen LogP contribution in [0.4, 0.5) is 0 Å². The number of hydrogen-bond acceptors (Lipinski definition) is 3. The van der Waals surface area contributed by atoms with Gasteiger partial charge in [0.15, 0.2) is 5.78 Å². The van der Waals surface area contributed by atoms with Gasteiger partial charge in [0.25, 0.3) is 0 Å². The second-order valence-electron chi connectivity index (χ2n) is 8.29. The van der Waals surface area contributed by atoms with Crippen LogP contribution in [0.5, 0.6) is 0 Å². The Morgan fingerprint density at radius 2 is 1.96 bits per heavy atom. The number of aryl methyl sites for hydroxylation is 1. The first-order valence-corrected chi connectivity index (χ1v) is 9.17. The Labute approximate surface area is 150 Å². The normalized spacial score (nSPS) is 19.1. The molecule has 1 saturated heterocycles. The molecule has 0 N–H and O–H groups in total. The number of piperidine rings is 1. The molecule has 0 unspecified atom stereocenters. The molecule has 1 fully saturated rings. The lowest BCUT2D eigenvalue weighted by atomic mass is 9.85. The highest BCUT2D eigenvalue weighted by Gasteiger charge is 2.27. The highest BCUT2D eigenvalue weighted by atomic mass is 16.1. The van der Waals surface area contributed by atoms with E-state index in [9.17, 15) is 4.79 Å². The van der Waals surface area contributed by atoms with E-state index in [0.29, 0.717) is 0 Å². The average Bonchev–Trinajstić information content (AvgIpc) is 2.98. The summed E-state index contributed by atoms with van der Waals surface area (Å²) in [7, 11) is 1.94. The molecule has 3 rings (SSSR count). The molecule has 0 radical (unpaired) electrons. The molecule has 1 aliphatic heterocycles. The lowest BCUT2D eigenvalue weighted by Crippen LogP contribution is -2.38. The minimum absolute atomic E-state index is 0.103. The van der Waals surface area contributed by atoms with Gasteiger partial charge in [-0.3, -0.25) is 14.4 Å². The Morgan fingerprint density at radius 1 is 1.24 bits per heavy atom. The van der Waals surface area contributed by atoms with Crippen LogP contribution in [0.25, 0.3) is 0 Å². The predicted octanol–water partition coefficient (Wildman–Crippen LogP) is 3.81. The fourth-order valence-electron chi connectivity index (χ4n) is 3.60. The molecule has 1 aromatic carbocycles. The van der Waals surface area contributed by atoms with Crippen LogP contribution in [0.1, 0.15) is 55.1 Å². The second kappa shape index (κ2) is 7.12. The lowest BCUT2D eigenvalue weighted by Gasteiger charge is -2.31. The van der Waals surface area contributed by atoms with Gasteiger partial charge >= 0.3 is 0 Å². The van der Waals surface area contributed by atoms with Crippen LogP contribution >= 0.6 is 0 Å². The van der Waals surface area contributed by atoms with E-state index in [1.54, 1.807) is 0 Å². The van der Waals surface area contributed by atoms with E-state index >= 15 is 0 Å². The molecule has 4 heteroatoms. The number of carbonyl (C=O) groups excluding carboxylic acids is 1. The van der Waals surface area contributed by atoms with Crippen molar-refractivity contribution < 1.29 is 4.79 Å². The first kappa shape index (κ1) is 17.9. The minimum atomic E-state index is 0.103. The maximum Gasteiger partial charge on any atom is 0.167 e. The van der Waals surface area contributed by atoms with Crippen LogP contribution in [0.3, 0.4) is 0 Å². The number of Topliss-reactive ketones (excluding diaryl/α,β-unsaturated/α-hetero) is 1. The molecule has 0 saturated carbocycles. The minimum Gasteiger partial charge on any atom is -0.298 e. The van der Waals surface area contributed by atoms with Crippen molar-refractivity contribution in [1.29, 1.82) is 0 Å². The van der Waals surface area contributed by atoms with Gasteiger partial charge in [-0.05, 0) is 30.4 Å². The number of rotatable bonds is 4. The third-order valence-corrected chi connectivity index (χ3v) is 5.08. The lowest BCUT2D eigenvalue weighted by molar-refractivity contribution is 0.0811. The van der Waals surface area contributed by atoms with E-state index in [2.05, 4.69) is 49.1 Å². The fourth-order valence-corrected chi connectivity index (χ4v) is 3.60. The van der Waals surface area contributed by atoms with Crippen LogP contribution in [0.15, 0.2) is 36.7 Å². The van der Waals surface area contributed by atoms with E-state index < -0.39 is 0 Å². The van der Waals surface area contributed by atoms with Crippen molar-refractivity contribution in [2.75, 3.05) is 13.1 Å². The van der Waals surface area contributed by atoms with Gasteiger partial charge in [0, 0.05) is 43.4 Å². The van der Waals surface area contributed by atoms with Crippen molar-refractivity contribution in [2.45, 2.75) is 45.6 Å². The zero-order valence-corrected chi connectivity index (χ0v) is 15.8. The summed E-state index contributed by atoms with van der Waals surface area (Å²) < 4.78 is 1.83. The maximum atomic E-state index is 12.9. The zero-order chi connectivity index (χ0) is 18.0. The summed E-state index contributed by atoms with van der Waals surface area (Å²) in [6.07, 6.45) is 6.04. The van der Waals surface area contributed by atoms with E-state index in [4.69, 9.17) is 0 Å².